The van der Waals surface area contributed by atoms with E-state index in [9.17, 15) is 0 Å². The molecule has 2 fully saturated rings. The fourth-order valence-electron chi connectivity index (χ4n) is 3.86. The smallest absolute Gasteiger partial charge is 0.165 e. The highest BCUT2D eigenvalue weighted by Gasteiger charge is 2.56. The number of benzene rings is 1. The lowest BCUT2D eigenvalue weighted by molar-refractivity contribution is -0.0998. The number of nitrogens with one attached hydrogen (secondary N) is 1. The molecule has 4 rings (SSSR count). The highest BCUT2D eigenvalue weighted by Crippen LogP contribution is 2.42. The number of fused-ring (bicyclic) bond motifs is 5. The summed E-state index contributed by atoms with van der Waals surface area (Å²) >= 11 is 0. The molecule has 0 unspecified atom stereocenters. The van der Waals surface area contributed by atoms with E-state index in [1.807, 2.05) is 0 Å². The maximum absolute atomic E-state index is 5.64. The summed E-state index contributed by atoms with van der Waals surface area (Å²) < 4.78 is 0. The largest absolute Gasteiger partial charge is 0.389 e. The van der Waals surface area contributed by atoms with Crippen LogP contribution in [0.5, 0.6) is 0 Å². The predicted molar refractivity (Wildman–Crippen MR) is 72.0 cm³/mol. The van der Waals surface area contributed by atoms with Crippen LogP contribution in [-0.2, 0) is 9.68 Å². The van der Waals surface area contributed by atoms with Crippen molar-refractivity contribution >= 4 is 5.71 Å². The molecular formula is C15H18N2O2. The molecule has 0 aromatic heterocycles. The Labute approximate surface area is 112 Å². The number of aryl methyl sites for hydroxylation is 3. The first kappa shape index (κ1) is 11.4. The van der Waals surface area contributed by atoms with Gasteiger partial charge in [-0.2, -0.15) is 5.48 Å². The van der Waals surface area contributed by atoms with E-state index in [1.165, 1.54) is 22.3 Å². The first-order valence-electron chi connectivity index (χ1n) is 6.88. The third-order valence-electron chi connectivity index (χ3n) is 4.53. The molecule has 1 N–H and O–H groups in total. The van der Waals surface area contributed by atoms with Crippen molar-refractivity contribution in [2.45, 2.75) is 45.4 Å². The zero-order valence-electron chi connectivity index (χ0n) is 11.4. The minimum atomic E-state index is 0.0985. The summed E-state index contributed by atoms with van der Waals surface area (Å²) in [4.78, 5) is 11.1. The van der Waals surface area contributed by atoms with Crippen LogP contribution in [0.3, 0.4) is 0 Å². The van der Waals surface area contributed by atoms with Crippen molar-refractivity contribution in [2.24, 2.45) is 11.1 Å². The Kier molecular flexibility index (Phi) is 2.29. The Morgan fingerprint density at radius 1 is 1.21 bits per heavy atom. The first-order chi connectivity index (χ1) is 9.15. The highest BCUT2D eigenvalue weighted by molar-refractivity contribution is 6.06. The molecular weight excluding hydrogens is 240 g/mol. The molecule has 0 radical (unpaired) electrons. The van der Waals surface area contributed by atoms with Gasteiger partial charge in [0.25, 0.3) is 0 Å². The van der Waals surface area contributed by atoms with Gasteiger partial charge in [0.1, 0.15) is 6.10 Å². The van der Waals surface area contributed by atoms with E-state index in [2.05, 4.69) is 43.5 Å². The minimum absolute atomic E-state index is 0.0985. The summed E-state index contributed by atoms with van der Waals surface area (Å²) in [6.45, 7) is 6.44. The van der Waals surface area contributed by atoms with Gasteiger partial charge in [-0.3, -0.25) is 4.84 Å². The SMILES string of the molecule is Cc1cc(C)c(C2=NO[C@H]3[C@@H]2[C@H]2C[C@@H]3ON2)c(C)c1. The van der Waals surface area contributed by atoms with Crippen LogP contribution in [0.25, 0.3) is 0 Å². The number of hydrogen-bond donors (Lipinski definition) is 1. The number of oxime groups is 1. The first-order valence-corrected chi connectivity index (χ1v) is 6.88. The Hall–Kier alpha value is -1.39. The van der Waals surface area contributed by atoms with Crippen LogP contribution in [0.15, 0.2) is 17.3 Å². The number of hydrogen-bond acceptors (Lipinski definition) is 4. The maximum Gasteiger partial charge on any atom is 0.165 e. The fraction of sp³-hybridized carbons (Fsp3) is 0.533. The van der Waals surface area contributed by atoms with Crippen molar-refractivity contribution < 1.29 is 9.68 Å². The van der Waals surface area contributed by atoms with Gasteiger partial charge in [0.15, 0.2) is 6.10 Å². The van der Waals surface area contributed by atoms with E-state index >= 15 is 0 Å². The summed E-state index contributed by atoms with van der Waals surface area (Å²) in [7, 11) is 0. The second kappa shape index (κ2) is 3.81. The Morgan fingerprint density at radius 3 is 2.68 bits per heavy atom. The Balaban J connectivity index is 1.78. The zero-order chi connectivity index (χ0) is 13.1. The van der Waals surface area contributed by atoms with Crippen LogP contribution < -0.4 is 5.48 Å². The summed E-state index contributed by atoms with van der Waals surface area (Å²) in [6.07, 6.45) is 1.28. The van der Waals surface area contributed by atoms with Crippen LogP contribution in [0, 0.1) is 26.7 Å². The van der Waals surface area contributed by atoms with E-state index in [1.54, 1.807) is 0 Å². The summed E-state index contributed by atoms with van der Waals surface area (Å²) in [6, 6.07) is 4.78. The molecule has 19 heavy (non-hydrogen) atoms. The lowest BCUT2D eigenvalue weighted by Crippen LogP contribution is -2.43. The molecule has 1 aromatic carbocycles. The van der Waals surface area contributed by atoms with Gasteiger partial charge in [-0.05, 0) is 38.3 Å². The Morgan fingerprint density at radius 2 is 1.95 bits per heavy atom. The van der Waals surface area contributed by atoms with Gasteiger partial charge in [0, 0.05) is 11.6 Å². The summed E-state index contributed by atoms with van der Waals surface area (Å²) in [5.41, 5.74) is 9.33. The van der Waals surface area contributed by atoms with Crippen molar-refractivity contribution in [3.63, 3.8) is 0 Å². The topological polar surface area (TPSA) is 42.9 Å². The van der Waals surface area contributed by atoms with Crippen molar-refractivity contribution in [1.82, 2.24) is 5.48 Å². The zero-order valence-corrected chi connectivity index (χ0v) is 11.4. The average Bonchev–Trinajstić information content (AvgIpc) is 2.98. The van der Waals surface area contributed by atoms with Gasteiger partial charge >= 0.3 is 0 Å². The third-order valence-corrected chi connectivity index (χ3v) is 4.53. The number of rotatable bonds is 1. The molecule has 1 aromatic rings. The van der Waals surface area contributed by atoms with Crippen molar-refractivity contribution in [2.75, 3.05) is 0 Å². The molecule has 4 heteroatoms. The minimum Gasteiger partial charge on any atom is -0.389 e. The molecule has 1 saturated heterocycles. The van der Waals surface area contributed by atoms with Crippen LogP contribution in [-0.4, -0.2) is 24.0 Å². The number of hydroxylamine groups is 1. The van der Waals surface area contributed by atoms with E-state index in [0.29, 0.717) is 12.0 Å². The molecule has 0 spiro atoms. The highest BCUT2D eigenvalue weighted by atomic mass is 16.7. The molecule has 2 heterocycles. The average molecular weight is 258 g/mol. The van der Waals surface area contributed by atoms with Gasteiger partial charge in [0.05, 0.1) is 11.6 Å². The lowest BCUT2D eigenvalue weighted by atomic mass is 9.86. The molecule has 4 atom stereocenters. The van der Waals surface area contributed by atoms with E-state index in [0.717, 1.165) is 12.1 Å². The van der Waals surface area contributed by atoms with Crippen molar-refractivity contribution in [1.29, 1.82) is 0 Å². The predicted octanol–water partition coefficient (Wildman–Crippen LogP) is 2.01. The standard InChI is InChI=1S/C15H18N2O2/c1-7-4-8(2)12(9(3)5-7)14-13-10-6-11(18-16-10)15(13)19-17-14/h4-5,10-11,13,15-16H,6H2,1-3H3/t10-,11+,13-,15-/m1/s1. The lowest BCUT2D eigenvalue weighted by Gasteiger charge is -2.24. The van der Waals surface area contributed by atoms with Crippen LogP contribution in [0.1, 0.15) is 28.7 Å². The quantitative estimate of drug-likeness (QED) is 0.838. The van der Waals surface area contributed by atoms with E-state index in [-0.39, 0.29) is 12.2 Å². The monoisotopic (exact) mass is 258 g/mol. The molecule has 1 aliphatic carbocycles. The Bertz CT molecular complexity index is 559. The van der Waals surface area contributed by atoms with Gasteiger partial charge in [0.2, 0.25) is 0 Å². The van der Waals surface area contributed by atoms with E-state index < -0.39 is 0 Å². The fourth-order valence-corrected chi connectivity index (χ4v) is 3.86. The van der Waals surface area contributed by atoms with Gasteiger partial charge in [-0.15, -0.1) is 0 Å². The summed E-state index contributed by atoms with van der Waals surface area (Å²) in [5, 5.41) is 4.38. The molecule has 4 nitrogen and oxygen atoms in total. The molecule has 2 aliphatic heterocycles. The van der Waals surface area contributed by atoms with Crippen molar-refractivity contribution in [3.05, 3.63) is 34.4 Å². The molecule has 1 saturated carbocycles. The van der Waals surface area contributed by atoms with Gasteiger partial charge in [-0.1, -0.05) is 22.9 Å². The van der Waals surface area contributed by atoms with Gasteiger partial charge < -0.3 is 4.84 Å². The van der Waals surface area contributed by atoms with Crippen LogP contribution >= 0.6 is 0 Å². The van der Waals surface area contributed by atoms with Crippen LogP contribution in [0.2, 0.25) is 0 Å². The summed E-state index contributed by atoms with van der Waals surface area (Å²) in [5.74, 6) is 0.332. The maximum atomic E-state index is 5.64. The van der Waals surface area contributed by atoms with Crippen molar-refractivity contribution in [3.8, 4) is 0 Å². The van der Waals surface area contributed by atoms with Crippen LogP contribution in [0.4, 0.5) is 0 Å². The molecule has 0 amide bonds. The second-order valence-electron chi connectivity index (χ2n) is 5.96. The second-order valence-corrected chi connectivity index (χ2v) is 5.96. The third kappa shape index (κ3) is 1.50. The molecule has 100 valence electrons. The molecule has 2 bridgehead atoms. The molecule has 3 aliphatic rings. The number of nitrogens with zero attached hydrogens (tertiary/aromatic N) is 1. The normalized spacial score (nSPS) is 35.2. The van der Waals surface area contributed by atoms with Gasteiger partial charge in [-0.25, -0.2) is 0 Å². The van der Waals surface area contributed by atoms with E-state index in [4.69, 9.17) is 9.68 Å².